The first-order chi connectivity index (χ1) is 33.5. The van der Waals surface area contributed by atoms with Gasteiger partial charge in [0.05, 0.1) is 0 Å². The zero-order valence-electron chi connectivity index (χ0n) is 43.8. The van der Waals surface area contributed by atoms with E-state index in [1.807, 2.05) is 12.2 Å². The van der Waals surface area contributed by atoms with Gasteiger partial charge in [0.1, 0.15) is 13.2 Å². The second-order valence-electron chi connectivity index (χ2n) is 17.7. The Morgan fingerprint density at radius 1 is 0.309 bits per heavy atom. The minimum absolute atomic E-state index is 0.113. The molecule has 6 nitrogen and oxygen atoms in total. The molecule has 0 aromatic rings. The van der Waals surface area contributed by atoms with Gasteiger partial charge in [0, 0.05) is 19.3 Å². The Morgan fingerprint density at radius 2 is 0.603 bits per heavy atom. The van der Waals surface area contributed by atoms with Crippen LogP contribution in [-0.4, -0.2) is 37.2 Å². The maximum absolute atomic E-state index is 12.7. The van der Waals surface area contributed by atoms with Crippen LogP contribution in [0, 0.1) is 0 Å². The lowest BCUT2D eigenvalue weighted by molar-refractivity contribution is -0.166. The van der Waals surface area contributed by atoms with E-state index >= 15 is 0 Å². The number of rotatable bonds is 48. The van der Waals surface area contributed by atoms with Gasteiger partial charge in [-0.25, -0.2) is 0 Å². The Bertz CT molecular complexity index is 1450. The summed E-state index contributed by atoms with van der Waals surface area (Å²) in [6.45, 7) is 6.26. The van der Waals surface area contributed by atoms with Gasteiger partial charge in [-0.3, -0.25) is 14.4 Å². The second-order valence-corrected chi connectivity index (χ2v) is 17.7. The van der Waals surface area contributed by atoms with Crippen molar-refractivity contribution in [3.05, 3.63) is 122 Å². The molecule has 0 N–H and O–H groups in total. The Morgan fingerprint density at radius 3 is 0.971 bits per heavy atom. The van der Waals surface area contributed by atoms with Gasteiger partial charge in [-0.2, -0.15) is 0 Å². The molecule has 0 aliphatic rings. The van der Waals surface area contributed by atoms with Gasteiger partial charge in [0.15, 0.2) is 6.10 Å². The first kappa shape index (κ1) is 63.8. The van der Waals surface area contributed by atoms with Crippen LogP contribution in [0.1, 0.15) is 233 Å². The zero-order valence-corrected chi connectivity index (χ0v) is 43.8. The van der Waals surface area contributed by atoms with Gasteiger partial charge in [0.2, 0.25) is 0 Å². The number of hydrogen-bond donors (Lipinski definition) is 0. The molecule has 0 heterocycles. The molecular formula is C62H100O6. The molecule has 1 atom stereocenters. The highest BCUT2D eigenvalue weighted by molar-refractivity contribution is 5.71. The van der Waals surface area contributed by atoms with Crippen LogP contribution in [0.4, 0.5) is 0 Å². The molecule has 0 radical (unpaired) electrons. The molecule has 0 aromatic carbocycles. The van der Waals surface area contributed by atoms with Crippen LogP contribution in [-0.2, 0) is 28.6 Å². The van der Waals surface area contributed by atoms with Crippen molar-refractivity contribution < 1.29 is 28.6 Å². The highest BCUT2D eigenvalue weighted by Crippen LogP contribution is 2.14. The molecule has 0 saturated heterocycles. The molecule has 1 unspecified atom stereocenters. The minimum atomic E-state index is -0.822. The molecule has 0 bridgehead atoms. The summed E-state index contributed by atoms with van der Waals surface area (Å²) in [5.41, 5.74) is 0. The Balaban J connectivity index is 4.28. The fraction of sp³-hybridized carbons (Fsp3) is 0.629. The van der Waals surface area contributed by atoms with Gasteiger partial charge in [-0.1, -0.05) is 226 Å². The third kappa shape index (κ3) is 52.8. The van der Waals surface area contributed by atoms with E-state index in [0.717, 1.165) is 116 Å². The number of esters is 3. The lowest BCUT2D eigenvalue weighted by Crippen LogP contribution is -2.30. The fourth-order valence-corrected chi connectivity index (χ4v) is 7.13. The first-order valence-electron chi connectivity index (χ1n) is 27.5. The molecular weight excluding hydrogens is 841 g/mol. The van der Waals surface area contributed by atoms with Crippen LogP contribution in [0.5, 0.6) is 0 Å². The Hall–Kier alpha value is -4.19. The number of carbonyl (C=O) groups excluding carboxylic acids is 3. The molecule has 0 saturated carbocycles. The summed E-state index contributed by atoms with van der Waals surface area (Å²) < 4.78 is 16.7. The normalized spacial score (nSPS) is 13.0. The second kappa shape index (κ2) is 55.4. The topological polar surface area (TPSA) is 78.9 Å². The van der Waals surface area contributed by atoms with Gasteiger partial charge in [-0.05, 0) is 109 Å². The Labute approximate surface area is 418 Å². The molecule has 6 heteroatoms. The summed E-state index contributed by atoms with van der Waals surface area (Å²) in [4.78, 5) is 37.9. The van der Waals surface area contributed by atoms with E-state index in [4.69, 9.17) is 14.2 Å². The van der Waals surface area contributed by atoms with Crippen LogP contribution in [0.15, 0.2) is 122 Å². The third-order valence-electron chi connectivity index (χ3n) is 11.2. The standard InChI is InChI=1S/C62H100O6/c1-4-7-10-13-16-19-22-24-25-26-27-28-29-30-31-32-33-34-35-36-37-39-40-43-46-49-52-55-61(64)67-58-59(57-66-60(63)54-51-48-45-42-21-18-15-12-9-6-3)68-62(65)56-53-50-47-44-41-38-23-20-17-14-11-8-5-2/h7-8,10-12,15-17,19-20,24-25,27-28,30-31,38,41,47,50,59H,4-6,9,13-14,18,21-23,26,29,32-37,39-40,42-46,48-49,51-58H2,1-3H3/b10-7-,11-8-,15-12-,19-16-,20-17-,25-24-,28-27-,31-30-,41-38-,50-47-. The van der Waals surface area contributed by atoms with Gasteiger partial charge < -0.3 is 14.2 Å². The molecule has 0 aliphatic carbocycles. The smallest absolute Gasteiger partial charge is 0.306 e. The monoisotopic (exact) mass is 941 g/mol. The van der Waals surface area contributed by atoms with Crippen molar-refractivity contribution in [2.45, 2.75) is 239 Å². The summed E-state index contributed by atoms with van der Waals surface area (Å²) in [6.07, 6.45) is 76.5. The molecule has 0 amide bonds. The van der Waals surface area contributed by atoms with Crippen LogP contribution in [0.2, 0.25) is 0 Å². The molecule has 0 rings (SSSR count). The van der Waals surface area contributed by atoms with Crippen molar-refractivity contribution in [2.75, 3.05) is 13.2 Å². The zero-order chi connectivity index (χ0) is 49.3. The average molecular weight is 941 g/mol. The summed E-state index contributed by atoms with van der Waals surface area (Å²) in [6, 6.07) is 0. The van der Waals surface area contributed by atoms with E-state index in [0.29, 0.717) is 19.3 Å². The van der Waals surface area contributed by atoms with E-state index in [9.17, 15) is 14.4 Å². The van der Waals surface area contributed by atoms with Gasteiger partial charge >= 0.3 is 17.9 Å². The van der Waals surface area contributed by atoms with Crippen LogP contribution in [0.3, 0.4) is 0 Å². The number of unbranched alkanes of at least 4 members (excludes halogenated alkanes) is 17. The maximum Gasteiger partial charge on any atom is 0.306 e. The molecule has 0 aliphatic heterocycles. The maximum atomic E-state index is 12.7. The fourth-order valence-electron chi connectivity index (χ4n) is 7.13. The molecule has 0 spiro atoms. The van der Waals surface area contributed by atoms with Crippen LogP contribution in [0.25, 0.3) is 0 Å². The largest absolute Gasteiger partial charge is 0.462 e. The van der Waals surface area contributed by atoms with Crippen molar-refractivity contribution in [3.8, 4) is 0 Å². The van der Waals surface area contributed by atoms with Crippen LogP contribution < -0.4 is 0 Å². The molecule has 384 valence electrons. The van der Waals surface area contributed by atoms with Crippen molar-refractivity contribution in [2.24, 2.45) is 0 Å². The van der Waals surface area contributed by atoms with Crippen molar-refractivity contribution in [3.63, 3.8) is 0 Å². The van der Waals surface area contributed by atoms with Crippen molar-refractivity contribution >= 4 is 17.9 Å². The average Bonchev–Trinajstić information content (AvgIpc) is 3.34. The summed E-state index contributed by atoms with van der Waals surface area (Å²) in [7, 11) is 0. The Kier molecular flexibility index (Phi) is 52.0. The van der Waals surface area contributed by atoms with E-state index < -0.39 is 12.1 Å². The predicted molar refractivity (Wildman–Crippen MR) is 293 cm³/mol. The van der Waals surface area contributed by atoms with Crippen LogP contribution >= 0.6 is 0 Å². The number of allylic oxidation sites excluding steroid dienone is 20. The third-order valence-corrected chi connectivity index (χ3v) is 11.2. The van der Waals surface area contributed by atoms with E-state index in [1.54, 1.807) is 0 Å². The lowest BCUT2D eigenvalue weighted by Gasteiger charge is -2.18. The van der Waals surface area contributed by atoms with Gasteiger partial charge in [0.25, 0.3) is 0 Å². The number of carbonyl (C=O) groups is 3. The number of ether oxygens (including phenoxy) is 3. The summed E-state index contributed by atoms with van der Waals surface area (Å²) in [5.74, 6) is -1.02. The number of hydrogen-bond acceptors (Lipinski definition) is 6. The van der Waals surface area contributed by atoms with E-state index in [1.165, 1.54) is 70.6 Å². The first-order valence-corrected chi connectivity index (χ1v) is 27.5. The van der Waals surface area contributed by atoms with Crippen molar-refractivity contribution in [1.82, 2.24) is 0 Å². The summed E-state index contributed by atoms with van der Waals surface area (Å²) >= 11 is 0. The lowest BCUT2D eigenvalue weighted by atomic mass is 10.0. The van der Waals surface area contributed by atoms with E-state index in [-0.39, 0.29) is 31.6 Å². The minimum Gasteiger partial charge on any atom is -0.462 e. The molecule has 0 fully saturated rings. The summed E-state index contributed by atoms with van der Waals surface area (Å²) in [5, 5.41) is 0. The molecule has 0 aromatic heterocycles. The van der Waals surface area contributed by atoms with Crippen molar-refractivity contribution in [1.29, 1.82) is 0 Å². The van der Waals surface area contributed by atoms with Gasteiger partial charge in [-0.15, -0.1) is 0 Å². The molecule has 68 heavy (non-hydrogen) atoms. The highest BCUT2D eigenvalue weighted by atomic mass is 16.6. The highest BCUT2D eigenvalue weighted by Gasteiger charge is 2.19. The quantitative estimate of drug-likeness (QED) is 0.0262. The predicted octanol–water partition coefficient (Wildman–Crippen LogP) is 18.5. The van der Waals surface area contributed by atoms with E-state index in [2.05, 4.69) is 130 Å². The SMILES string of the molecule is CC/C=C\C/C=C\C/C=C\C/C=C\C/C=C\CCCCCCCCCCCCCC(=O)OCC(COC(=O)CCCCCCC/C=C\CCC)OC(=O)CC/C=C\C/C=C\C/C=C\C/C=C\CC.